The van der Waals surface area contributed by atoms with E-state index in [-0.39, 0.29) is 23.8 Å². The quantitative estimate of drug-likeness (QED) is 0.569. The fraction of sp³-hybridized carbons (Fsp3) is 0.769. The third kappa shape index (κ3) is 1.21. The summed E-state index contributed by atoms with van der Waals surface area (Å²) in [7, 11) is 5.40. The van der Waals surface area contributed by atoms with Gasteiger partial charge in [-0.15, -0.1) is 18.5 Å². The highest BCUT2D eigenvalue weighted by atomic mass is 31.0. The van der Waals surface area contributed by atoms with Crippen LogP contribution in [0, 0.1) is 17.8 Å². The van der Waals surface area contributed by atoms with Crippen LogP contribution in [0.2, 0.25) is 0 Å². The molecule has 6 atom stereocenters. The fourth-order valence-electron chi connectivity index (χ4n) is 4.46. The Balaban J connectivity index is 2.07. The van der Waals surface area contributed by atoms with Gasteiger partial charge in [-0.1, -0.05) is 0 Å². The first kappa shape index (κ1) is 12.9. The van der Waals surface area contributed by atoms with Crippen molar-refractivity contribution in [3.8, 4) is 0 Å². The Morgan fingerprint density at radius 3 is 2.00 bits per heavy atom. The van der Waals surface area contributed by atoms with Gasteiger partial charge in [-0.05, 0) is 38.0 Å². The molecule has 0 saturated heterocycles. The van der Waals surface area contributed by atoms with Crippen molar-refractivity contribution in [1.29, 1.82) is 0 Å². The van der Waals surface area contributed by atoms with Gasteiger partial charge < -0.3 is 0 Å². The van der Waals surface area contributed by atoms with E-state index < -0.39 is 16.2 Å². The Bertz CT molecular complexity index is 441. The molecule has 0 heterocycles. The Hall–Kier alpha value is -0.130. The molecule has 3 aliphatic carbocycles. The van der Waals surface area contributed by atoms with Gasteiger partial charge in [0.1, 0.15) is 5.78 Å². The van der Waals surface area contributed by atoms with Crippen molar-refractivity contribution in [2.24, 2.45) is 17.8 Å². The largest absolute Gasteiger partial charge is 0.300 e. The van der Waals surface area contributed by atoms with E-state index in [0.29, 0.717) is 11.8 Å². The first-order valence-corrected chi connectivity index (χ1v) is 7.64. The van der Waals surface area contributed by atoms with Gasteiger partial charge in [0.25, 0.3) is 0 Å². The van der Waals surface area contributed by atoms with Crippen LogP contribution in [0.1, 0.15) is 32.6 Å². The van der Waals surface area contributed by atoms with Gasteiger partial charge in [-0.3, -0.25) is 14.4 Å². The Morgan fingerprint density at radius 1 is 1.17 bits per heavy atom. The van der Waals surface area contributed by atoms with Crippen LogP contribution in [0.5, 0.6) is 0 Å². The van der Waals surface area contributed by atoms with E-state index in [1.54, 1.807) is 0 Å². The molecular weight excluding hydrogens is 266 g/mol. The zero-order valence-electron chi connectivity index (χ0n) is 10.4. The minimum Gasteiger partial charge on any atom is -0.300 e. The van der Waals surface area contributed by atoms with Gasteiger partial charge in [0, 0.05) is 6.42 Å². The second kappa shape index (κ2) is 3.70. The number of hydrogen-bond acceptors (Lipinski definition) is 3. The lowest BCUT2D eigenvalue weighted by Crippen LogP contribution is -2.52. The second-order valence-electron chi connectivity index (χ2n) is 6.13. The highest BCUT2D eigenvalue weighted by Gasteiger charge is 2.75. The zero-order valence-corrected chi connectivity index (χ0v) is 12.7. The van der Waals surface area contributed by atoms with Gasteiger partial charge in [-0.2, -0.15) is 0 Å². The zero-order chi connectivity index (χ0) is 13.3. The molecule has 0 aromatic rings. The van der Waals surface area contributed by atoms with Gasteiger partial charge in [0.05, 0.1) is 16.2 Å². The molecule has 3 saturated carbocycles. The molecule has 0 amide bonds. The predicted octanol–water partition coefficient (Wildman–Crippen LogP) is 1.39. The van der Waals surface area contributed by atoms with Gasteiger partial charge in [-0.25, -0.2) is 0 Å². The predicted molar refractivity (Wildman–Crippen MR) is 74.5 cm³/mol. The monoisotopic (exact) mass is 284 g/mol. The average Bonchev–Trinajstić information content (AvgIpc) is 2.90. The summed E-state index contributed by atoms with van der Waals surface area (Å²) in [6.07, 6.45) is 3.15. The molecule has 3 aliphatic rings. The summed E-state index contributed by atoms with van der Waals surface area (Å²) in [5, 5.41) is -1.23. The van der Waals surface area contributed by atoms with Crippen LogP contribution in [0.25, 0.3) is 0 Å². The normalized spacial score (nSPS) is 49.8. The highest BCUT2D eigenvalue weighted by molar-refractivity contribution is 7.29. The molecule has 98 valence electrons. The van der Waals surface area contributed by atoms with Crippen molar-refractivity contribution < 1.29 is 14.4 Å². The molecule has 0 aliphatic heterocycles. The van der Waals surface area contributed by atoms with E-state index in [2.05, 4.69) is 18.5 Å². The Kier molecular flexibility index (Phi) is 2.65. The molecule has 6 unspecified atom stereocenters. The van der Waals surface area contributed by atoms with Crippen molar-refractivity contribution in [2.75, 3.05) is 0 Å². The van der Waals surface area contributed by atoms with Crippen LogP contribution in [-0.4, -0.2) is 27.7 Å². The SMILES string of the molecule is CC(=O)CC1C(=O)C2(P)C3CCC(C3)C2(P)C1=O. The summed E-state index contributed by atoms with van der Waals surface area (Å²) in [4.78, 5) is 36.6. The fourth-order valence-corrected chi connectivity index (χ4v) is 6.23. The first-order chi connectivity index (χ1) is 8.33. The van der Waals surface area contributed by atoms with Crippen molar-refractivity contribution in [2.45, 2.75) is 42.9 Å². The Morgan fingerprint density at radius 2 is 1.61 bits per heavy atom. The first-order valence-electron chi connectivity index (χ1n) is 6.49. The maximum absolute atomic E-state index is 12.6. The topological polar surface area (TPSA) is 51.2 Å². The van der Waals surface area contributed by atoms with E-state index in [1.807, 2.05) is 0 Å². The van der Waals surface area contributed by atoms with E-state index in [0.717, 1.165) is 19.3 Å². The van der Waals surface area contributed by atoms with E-state index in [9.17, 15) is 14.4 Å². The number of rotatable bonds is 2. The molecule has 0 radical (unpaired) electrons. The standard InChI is InChI=1S/C13H18O3P2/c1-6(14)4-9-10(15)12(17)7-2-3-8(5-7)13(12,18)11(9)16/h7-9H,2-5,17-18H2,1H3. The Labute approximate surface area is 111 Å². The van der Waals surface area contributed by atoms with E-state index in [1.165, 1.54) is 6.92 Å². The van der Waals surface area contributed by atoms with Crippen molar-refractivity contribution in [1.82, 2.24) is 0 Å². The van der Waals surface area contributed by atoms with Crippen LogP contribution in [0.4, 0.5) is 0 Å². The van der Waals surface area contributed by atoms with Crippen LogP contribution in [0.15, 0.2) is 0 Å². The minimum atomic E-state index is -0.694. The molecule has 18 heavy (non-hydrogen) atoms. The summed E-state index contributed by atoms with van der Waals surface area (Å²) in [5.41, 5.74) is 0. The molecule has 0 aromatic heterocycles. The third-order valence-corrected chi connectivity index (χ3v) is 8.15. The number of carbonyl (C=O) groups excluding carboxylic acids is 3. The number of ketones is 3. The minimum absolute atomic E-state index is 0.00472. The van der Waals surface area contributed by atoms with Crippen molar-refractivity contribution >= 4 is 35.8 Å². The molecule has 3 rings (SSSR count). The van der Waals surface area contributed by atoms with Gasteiger partial charge in [0.15, 0.2) is 11.6 Å². The molecule has 0 aromatic carbocycles. The summed E-state index contributed by atoms with van der Waals surface area (Å²) >= 11 is 0. The number of Topliss-reactive ketones (excluding diaryl/α,β-unsaturated/α-hetero) is 3. The number of fused-ring (bicyclic) bond motifs is 5. The maximum Gasteiger partial charge on any atom is 0.155 e. The highest BCUT2D eigenvalue weighted by Crippen LogP contribution is 2.69. The van der Waals surface area contributed by atoms with E-state index in [4.69, 9.17) is 0 Å². The molecule has 0 spiro atoms. The number of hydrogen-bond donors (Lipinski definition) is 0. The van der Waals surface area contributed by atoms with Crippen LogP contribution >= 0.6 is 18.5 Å². The molecule has 3 nitrogen and oxygen atoms in total. The smallest absolute Gasteiger partial charge is 0.155 e. The van der Waals surface area contributed by atoms with Crippen LogP contribution in [0.3, 0.4) is 0 Å². The van der Waals surface area contributed by atoms with Crippen LogP contribution in [-0.2, 0) is 14.4 Å². The molecule has 2 bridgehead atoms. The average molecular weight is 284 g/mol. The molecule has 3 fully saturated rings. The second-order valence-corrected chi connectivity index (χ2v) is 7.95. The lowest BCUT2D eigenvalue weighted by Gasteiger charge is -2.41. The van der Waals surface area contributed by atoms with Crippen molar-refractivity contribution in [3.63, 3.8) is 0 Å². The maximum atomic E-state index is 12.6. The van der Waals surface area contributed by atoms with Crippen LogP contribution < -0.4 is 0 Å². The van der Waals surface area contributed by atoms with E-state index >= 15 is 0 Å². The van der Waals surface area contributed by atoms with Gasteiger partial charge in [0.2, 0.25) is 0 Å². The summed E-state index contributed by atoms with van der Waals surface area (Å²) in [6, 6.07) is 0. The lowest BCUT2D eigenvalue weighted by atomic mass is 9.79. The lowest BCUT2D eigenvalue weighted by molar-refractivity contribution is -0.132. The number of carbonyl (C=O) groups is 3. The molecule has 0 N–H and O–H groups in total. The molecule has 5 heteroatoms. The summed E-state index contributed by atoms with van der Waals surface area (Å²) < 4.78 is 0. The molecular formula is C13H18O3P2. The summed E-state index contributed by atoms with van der Waals surface area (Å²) in [6.45, 7) is 1.45. The third-order valence-electron chi connectivity index (χ3n) is 5.35. The van der Waals surface area contributed by atoms with Gasteiger partial charge >= 0.3 is 0 Å². The van der Waals surface area contributed by atoms with Crippen molar-refractivity contribution in [3.05, 3.63) is 0 Å². The summed E-state index contributed by atoms with van der Waals surface area (Å²) in [5.74, 6) is -0.168.